The first kappa shape index (κ1) is 11.1. The molecule has 1 unspecified atom stereocenters. The second kappa shape index (κ2) is 4.50. The first-order valence-electron chi connectivity index (χ1n) is 4.43. The van der Waals surface area contributed by atoms with E-state index in [-0.39, 0.29) is 17.5 Å². The summed E-state index contributed by atoms with van der Waals surface area (Å²) in [7, 11) is 0. The van der Waals surface area contributed by atoms with Gasteiger partial charge in [0.25, 0.3) is 0 Å². The van der Waals surface area contributed by atoms with Gasteiger partial charge in [0.15, 0.2) is 0 Å². The molecule has 1 aliphatic heterocycles. The van der Waals surface area contributed by atoms with Gasteiger partial charge in [-0.3, -0.25) is 4.79 Å². The molecule has 0 aliphatic carbocycles. The zero-order valence-corrected chi connectivity index (χ0v) is 8.83. The molecular formula is C9H13NO3S. The number of aliphatic carboxylic acids is 1. The minimum atomic E-state index is -1.04. The first-order valence-corrected chi connectivity index (χ1v) is 5.07. The van der Waals surface area contributed by atoms with Gasteiger partial charge in [-0.1, -0.05) is 13.0 Å². The van der Waals surface area contributed by atoms with Gasteiger partial charge in [-0.05, 0) is 6.42 Å². The van der Waals surface area contributed by atoms with Gasteiger partial charge in [0.1, 0.15) is 5.70 Å². The molecule has 0 spiro atoms. The molecule has 0 aromatic heterocycles. The van der Waals surface area contributed by atoms with Crippen LogP contribution in [0.15, 0.2) is 11.8 Å². The van der Waals surface area contributed by atoms with Gasteiger partial charge in [0.2, 0.25) is 5.91 Å². The van der Waals surface area contributed by atoms with Crippen LogP contribution >= 0.6 is 12.6 Å². The summed E-state index contributed by atoms with van der Waals surface area (Å²) < 4.78 is 0. The lowest BCUT2D eigenvalue weighted by atomic mass is 10.2. The fraction of sp³-hybridized carbons (Fsp3) is 0.556. The lowest BCUT2D eigenvalue weighted by molar-refractivity contribution is -0.140. The van der Waals surface area contributed by atoms with E-state index in [0.717, 1.165) is 0 Å². The summed E-state index contributed by atoms with van der Waals surface area (Å²) in [4.78, 5) is 23.7. The highest BCUT2D eigenvalue weighted by Crippen LogP contribution is 2.18. The van der Waals surface area contributed by atoms with E-state index in [1.165, 1.54) is 4.90 Å². The molecule has 78 valence electrons. The van der Waals surface area contributed by atoms with Crippen LogP contribution < -0.4 is 0 Å². The summed E-state index contributed by atoms with van der Waals surface area (Å²) >= 11 is 4.01. The van der Waals surface area contributed by atoms with E-state index in [9.17, 15) is 9.59 Å². The monoisotopic (exact) mass is 215 g/mol. The van der Waals surface area contributed by atoms with Gasteiger partial charge in [-0.25, -0.2) is 4.79 Å². The highest BCUT2D eigenvalue weighted by Gasteiger charge is 2.28. The highest BCUT2D eigenvalue weighted by atomic mass is 32.1. The molecule has 4 nitrogen and oxygen atoms in total. The van der Waals surface area contributed by atoms with Gasteiger partial charge >= 0.3 is 5.97 Å². The van der Waals surface area contributed by atoms with Gasteiger partial charge in [0.05, 0.1) is 0 Å². The highest BCUT2D eigenvalue weighted by molar-refractivity contribution is 7.80. The molecule has 14 heavy (non-hydrogen) atoms. The molecule has 0 aromatic rings. The number of nitrogens with zero attached hydrogens (tertiary/aromatic N) is 1. The SMILES string of the molecule is CC(CS)C(=O)N1CCC=C1C(=O)O. The van der Waals surface area contributed by atoms with Crippen LogP contribution in [0.25, 0.3) is 0 Å². The molecule has 1 N–H and O–H groups in total. The van der Waals surface area contributed by atoms with Crippen molar-refractivity contribution in [3.05, 3.63) is 11.8 Å². The third-order valence-electron chi connectivity index (χ3n) is 2.16. The first-order chi connectivity index (χ1) is 6.57. The molecule has 1 aliphatic rings. The Morgan fingerprint density at radius 3 is 2.86 bits per heavy atom. The van der Waals surface area contributed by atoms with E-state index in [1.807, 2.05) is 0 Å². The largest absolute Gasteiger partial charge is 0.477 e. The van der Waals surface area contributed by atoms with E-state index in [1.54, 1.807) is 13.0 Å². The fourth-order valence-corrected chi connectivity index (χ4v) is 1.49. The van der Waals surface area contributed by atoms with Crippen LogP contribution in [-0.4, -0.2) is 34.2 Å². The van der Waals surface area contributed by atoms with E-state index in [0.29, 0.717) is 18.7 Å². The van der Waals surface area contributed by atoms with Crippen molar-refractivity contribution in [2.45, 2.75) is 13.3 Å². The Morgan fingerprint density at radius 1 is 1.71 bits per heavy atom. The number of hydrogen-bond acceptors (Lipinski definition) is 3. The number of thiol groups is 1. The van der Waals surface area contributed by atoms with Gasteiger partial charge in [-0.2, -0.15) is 12.6 Å². The van der Waals surface area contributed by atoms with Crippen molar-refractivity contribution < 1.29 is 14.7 Å². The molecule has 0 saturated carbocycles. The molecule has 0 aromatic carbocycles. The maximum Gasteiger partial charge on any atom is 0.352 e. The van der Waals surface area contributed by atoms with E-state index >= 15 is 0 Å². The Morgan fingerprint density at radius 2 is 2.36 bits per heavy atom. The predicted molar refractivity (Wildman–Crippen MR) is 55.1 cm³/mol. The van der Waals surface area contributed by atoms with Gasteiger partial charge in [-0.15, -0.1) is 0 Å². The summed E-state index contributed by atoms with van der Waals surface area (Å²) in [5.41, 5.74) is 0.101. The Kier molecular flexibility index (Phi) is 3.57. The van der Waals surface area contributed by atoms with Crippen molar-refractivity contribution in [3.8, 4) is 0 Å². The third kappa shape index (κ3) is 2.09. The van der Waals surface area contributed by atoms with Crippen LogP contribution in [0.1, 0.15) is 13.3 Å². The Balaban J connectivity index is 2.75. The average Bonchev–Trinajstić information content (AvgIpc) is 2.63. The zero-order valence-electron chi connectivity index (χ0n) is 7.93. The molecule has 1 atom stereocenters. The third-order valence-corrected chi connectivity index (χ3v) is 2.71. The van der Waals surface area contributed by atoms with Crippen LogP contribution in [0.5, 0.6) is 0 Å². The smallest absolute Gasteiger partial charge is 0.352 e. The number of carboxylic acid groups (broad SMARTS) is 1. The minimum absolute atomic E-state index is 0.101. The summed E-state index contributed by atoms with van der Waals surface area (Å²) in [6.45, 7) is 2.21. The maximum atomic E-state index is 11.7. The predicted octanol–water partition coefficient (Wildman–Crippen LogP) is 0.753. The lowest BCUT2D eigenvalue weighted by Gasteiger charge is -2.20. The number of carbonyl (C=O) groups excluding carboxylic acids is 1. The quantitative estimate of drug-likeness (QED) is 0.683. The number of rotatable bonds is 3. The molecule has 5 heteroatoms. The lowest BCUT2D eigenvalue weighted by Crippen LogP contribution is -2.35. The van der Waals surface area contributed by atoms with Crippen molar-refractivity contribution in [1.82, 2.24) is 4.90 Å². The van der Waals surface area contributed by atoms with Crippen LogP contribution in [0.4, 0.5) is 0 Å². The molecule has 0 fully saturated rings. The van der Waals surface area contributed by atoms with Gasteiger partial charge < -0.3 is 10.0 Å². The van der Waals surface area contributed by atoms with Crippen LogP contribution in [-0.2, 0) is 9.59 Å². The second-order valence-corrected chi connectivity index (χ2v) is 3.62. The summed E-state index contributed by atoms with van der Waals surface area (Å²) in [6, 6.07) is 0. The van der Waals surface area contributed by atoms with Crippen molar-refractivity contribution in [1.29, 1.82) is 0 Å². The Bertz CT molecular complexity index is 288. The number of hydrogen-bond donors (Lipinski definition) is 2. The van der Waals surface area contributed by atoms with Crippen LogP contribution in [0.2, 0.25) is 0 Å². The topological polar surface area (TPSA) is 57.6 Å². The molecule has 0 saturated heterocycles. The van der Waals surface area contributed by atoms with Crippen LogP contribution in [0, 0.1) is 5.92 Å². The summed E-state index contributed by atoms with van der Waals surface area (Å²) in [6.07, 6.45) is 2.19. The summed E-state index contributed by atoms with van der Waals surface area (Å²) in [5, 5.41) is 8.81. The fourth-order valence-electron chi connectivity index (χ4n) is 1.34. The summed E-state index contributed by atoms with van der Waals surface area (Å²) in [5.74, 6) is -1.00. The van der Waals surface area contributed by atoms with Crippen molar-refractivity contribution in [3.63, 3.8) is 0 Å². The van der Waals surface area contributed by atoms with E-state index in [4.69, 9.17) is 5.11 Å². The molecule has 1 amide bonds. The number of carbonyl (C=O) groups is 2. The Labute approximate surface area is 88.0 Å². The molecular weight excluding hydrogens is 202 g/mol. The molecule has 1 rings (SSSR count). The maximum absolute atomic E-state index is 11.7. The minimum Gasteiger partial charge on any atom is -0.477 e. The average molecular weight is 215 g/mol. The van der Waals surface area contributed by atoms with Crippen molar-refractivity contribution in [2.75, 3.05) is 12.3 Å². The zero-order chi connectivity index (χ0) is 10.7. The normalized spacial score (nSPS) is 17.9. The molecule has 0 bridgehead atoms. The molecule has 0 radical (unpaired) electrons. The van der Waals surface area contributed by atoms with Gasteiger partial charge in [0, 0.05) is 18.2 Å². The van der Waals surface area contributed by atoms with E-state index in [2.05, 4.69) is 12.6 Å². The number of carboxylic acids is 1. The van der Waals surface area contributed by atoms with E-state index < -0.39 is 5.97 Å². The van der Waals surface area contributed by atoms with Crippen LogP contribution in [0.3, 0.4) is 0 Å². The second-order valence-electron chi connectivity index (χ2n) is 3.26. The van der Waals surface area contributed by atoms with Crippen molar-refractivity contribution >= 4 is 24.5 Å². The standard InChI is InChI=1S/C9H13NO3S/c1-6(5-14)8(11)10-4-2-3-7(10)9(12)13/h3,6,14H,2,4-5H2,1H3,(H,12,13). The van der Waals surface area contributed by atoms with Crippen molar-refractivity contribution in [2.24, 2.45) is 5.92 Å². The number of amides is 1. The Hall–Kier alpha value is -0.970. The molecule has 1 heterocycles.